The first kappa shape index (κ1) is 15.6. The van der Waals surface area contributed by atoms with E-state index in [2.05, 4.69) is 36.8 Å². The molecule has 0 bridgehead atoms. The fourth-order valence-corrected chi connectivity index (χ4v) is 2.73. The minimum atomic E-state index is 0.434. The Morgan fingerprint density at radius 3 is 2.57 bits per heavy atom. The van der Waals surface area contributed by atoms with Gasteiger partial charge in [0, 0.05) is 5.69 Å². The second kappa shape index (κ2) is 6.80. The maximum Gasteiger partial charge on any atom is 0.238 e. The largest absolute Gasteiger partial charge is 0.476 e. The van der Waals surface area contributed by atoms with Crippen LogP contribution in [0.4, 0.5) is 5.69 Å². The van der Waals surface area contributed by atoms with E-state index in [-0.39, 0.29) is 0 Å². The number of pyridine rings is 2. The van der Waals surface area contributed by atoms with Crippen LogP contribution in [0.2, 0.25) is 0 Å². The van der Waals surface area contributed by atoms with Gasteiger partial charge in [-0.2, -0.15) is 0 Å². The Labute approximate surface area is 130 Å². The van der Waals surface area contributed by atoms with E-state index in [1.54, 1.807) is 0 Å². The lowest BCUT2D eigenvalue weighted by Gasteiger charge is -2.11. The van der Waals surface area contributed by atoms with Gasteiger partial charge < -0.3 is 10.5 Å². The molecular weight excluding hydrogens is 282 g/mol. The van der Waals surface area contributed by atoms with Crippen molar-refractivity contribution in [1.82, 2.24) is 9.97 Å². The second-order valence-corrected chi connectivity index (χ2v) is 6.52. The molecule has 2 rings (SSSR count). The first-order chi connectivity index (χ1) is 9.94. The summed E-state index contributed by atoms with van der Waals surface area (Å²) in [5.41, 5.74) is 8.66. The third kappa shape index (κ3) is 4.63. The summed E-state index contributed by atoms with van der Waals surface area (Å²) in [7, 11) is 0. The normalized spacial score (nSPS) is 10.9. The number of hydrogen-bond donors (Lipinski definition) is 1. The number of anilines is 1. The molecule has 0 aliphatic rings. The first-order valence-corrected chi connectivity index (χ1v) is 7.78. The van der Waals surface area contributed by atoms with E-state index >= 15 is 0 Å². The predicted octanol–water partition coefficient (Wildman–Crippen LogP) is 3.86. The summed E-state index contributed by atoms with van der Waals surface area (Å²) in [5, 5.41) is 1.76. The summed E-state index contributed by atoms with van der Waals surface area (Å²) in [6, 6.07) is 7.82. The third-order valence-corrected chi connectivity index (χ3v) is 3.56. The van der Waals surface area contributed by atoms with Crippen LogP contribution in [0.3, 0.4) is 0 Å². The van der Waals surface area contributed by atoms with Crippen molar-refractivity contribution in [3.63, 3.8) is 0 Å². The lowest BCUT2D eigenvalue weighted by atomic mass is 10.2. The highest BCUT2D eigenvalue weighted by Gasteiger charge is 2.08. The molecule has 0 amide bonds. The van der Waals surface area contributed by atoms with Gasteiger partial charge in [0.1, 0.15) is 10.1 Å². The zero-order valence-corrected chi connectivity index (χ0v) is 13.7. The minimum absolute atomic E-state index is 0.434. The molecule has 0 radical (unpaired) electrons. The fraction of sp³-hybridized carbons (Fsp3) is 0.375. The standard InChI is InChI=1S/C16H21N3OS/c1-10(2)9-20-16-13(17)5-6-14(19-16)21-15-8-11(3)7-12(4)18-15/h5-8,10H,9,17H2,1-4H3. The molecule has 0 atom stereocenters. The van der Waals surface area contributed by atoms with E-state index in [4.69, 9.17) is 10.5 Å². The van der Waals surface area contributed by atoms with Gasteiger partial charge in [-0.05, 0) is 61.4 Å². The molecule has 0 saturated carbocycles. The van der Waals surface area contributed by atoms with Gasteiger partial charge in [-0.25, -0.2) is 9.97 Å². The number of aryl methyl sites for hydroxylation is 2. The molecule has 2 aromatic heterocycles. The average molecular weight is 303 g/mol. The molecule has 112 valence electrons. The van der Waals surface area contributed by atoms with Crippen LogP contribution in [-0.2, 0) is 0 Å². The fourth-order valence-electron chi connectivity index (χ4n) is 1.82. The van der Waals surface area contributed by atoms with Gasteiger partial charge in [0.05, 0.1) is 12.3 Å². The van der Waals surface area contributed by atoms with E-state index in [1.165, 1.54) is 17.3 Å². The van der Waals surface area contributed by atoms with Gasteiger partial charge in [0.15, 0.2) is 0 Å². The van der Waals surface area contributed by atoms with Gasteiger partial charge in [-0.15, -0.1) is 0 Å². The molecule has 0 unspecified atom stereocenters. The number of nitrogen functional groups attached to an aromatic ring is 1. The van der Waals surface area contributed by atoms with Crippen LogP contribution in [0.5, 0.6) is 5.88 Å². The van der Waals surface area contributed by atoms with Gasteiger partial charge in [0.2, 0.25) is 5.88 Å². The lowest BCUT2D eigenvalue weighted by molar-refractivity contribution is 0.261. The van der Waals surface area contributed by atoms with Gasteiger partial charge in [0.25, 0.3) is 0 Å². The Hall–Kier alpha value is -1.75. The third-order valence-electron chi connectivity index (χ3n) is 2.70. The molecule has 2 N–H and O–H groups in total. The summed E-state index contributed by atoms with van der Waals surface area (Å²) in [5.74, 6) is 0.932. The van der Waals surface area contributed by atoms with Crippen molar-refractivity contribution in [2.75, 3.05) is 12.3 Å². The Morgan fingerprint density at radius 2 is 1.90 bits per heavy atom. The Morgan fingerprint density at radius 1 is 1.14 bits per heavy atom. The van der Waals surface area contributed by atoms with Crippen LogP contribution in [-0.4, -0.2) is 16.6 Å². The number of ether oxygens (including phenoxy) is 1. The summed E-state index contributed by atoms with van der Waals surface area (Å²) in [4.78, 5) is 8.98. The molecule has 5 heteroatoms. The van der Waals surface area contributed by atoms with Gasteiger partial charge in [-0.3, -0.25) is 0 Å². The maximum absolute atomic E-state index is 5.90. The maximum atomic E-state index is 5.90. The average Bonchev–Trinajstić information content (AvgIpc) is 2.38. The van der Waals surface area contributed by atoms with Crippen molar-refractivity contribution < 1.29 is 4.74 Å². The molecule has 0 saturated heterocycles. The van der Waals surface area contributed by atoms with E-state index in [0.29, 0.717) is 24.1 Å². The topological polar surface area (TPSA) is 61.0 Å². The van der Waals surface area contributed by atoms with Crippen LogP contribution >= 0.6 is 11.8 Å². The number of nitrogens with zero attached hydrogens (tertiary/aromatic N) is 2. The van der Waals surface area contributed by atoms with Crippen LogP contribution in [0.15, 0.2) is 34.3 Å². The molecule has 21 heavy (non-hydrogen) atoms. The summed E-state index contributed by atoms with van der Waals surface area (Å²) >= 11 is 1.52. The molecule has 0 aliphatic carbocycles. The number of nitrogens with two attached hydrogens (primary N) is 1. The van der Waals surface area contributed by atoms with Crippen LogP contribution in [0.1, 0.15) is 25.1 Å². The molecule has 2 heterocycles. The van der Waals surface area contributed by atoms with Crippen LogP contribution < -0.4 is 10.5 Å². The van der Waals surface area contributed by atoms with E-state index in [9.17, 15) is 0 Å². The first-order valence-electron chi connectivity index (χ1n) is 6.96. The highest BCUT2D eigenvalue weighted by atomic mass is 32.2. The zero-order valence-electron chi connectivity index (χ0n) is 12.9. The molecule has 4 nitrogen and oxygen atoms in total. The molecule has 2 aromatic rings. The second-order valence-electron chi connectivity index (χ2n) is 5.47. The number of aromatic nitrogens is 2. The highest BCUT2D eigenvalue weighted by Crippen LogP contribution is 2.29. The monoisotopic (exact) mass is 303 g/mol. The van der Waals surface area contributed by atoms with Crippen molar-refractivity contribution in [3.8, 4) is 5.88 Å². The van der Waals surface area contributed by atoms with E-state index < -0.39 is 0 Å². The van der Waals surface area contributed by atoms with Crippen LogP contribution in [0, 0.1) is 19.8 Å². The van der Waals surface area contributed by atoms with Crippen LogP contribution in [0.25, 0.3) is 0 Å². The number of rotatable bonds is 5. The molecule has 0 fully saturated rings. The smallest absolute Gasteiger partial charge is 0.238 e. The predicted molar refractivity (Wildman–Crippen MR) is 86.8 cm³/mol. The Bertz CT molecular complexity index is 609. The summed E-state index contributed by atoms with van der Waals surface area (Å²) < 4.78 is 5.65. The van der Waals surface area contributed by atoms with Crippen molar-refractivity contribution in [1.29, 1.82) is 0 Å². The molecular formula is C16H21N3OS. The SMILES string of the molecule is Cc1cc(C)nc(Sc2ccc(N)c(OCC(C)C)n2)c1. The van der Waals surface area contributed by atoms with Crippen molar-refractivity contribution >= 4 is 17.4 Å². The quantitative estimate of drug-likeness (QED) is 0.908. The minimum Gasteiger partial charge on any atom is -0.476 e. The summed E-state index contributed by atoms with van der Waals surface area (Å²) in [6.07, 6.45) is 0. The Kier molecular flexibility index (Phi) is 5.07. The lowest BCUT2D eigenvalue weighted by Crippen LogP contribution is -2.07. The van der Waals surface area contributed by atoms with Crippen molar-refractivity contribution in [3.05, 3.63) is 35.5 Å². The Balaban J connectivity index is 2.18. The van der Waals surface area contributed by atoms with Gasteiger partial charge >= 0.3 is 0 Å². The molecule has 0 aliphatic heterocycles. The van der Waals surface area contributed by atoms with E-state index in [1.807, 2.05) is 25.1 Å². The van der Waals surface area contributed by atoms with Crippen molar-refractivity contribution in [2.24, 2.45) is 5.92 Å². The molecule has 0 spiro atoms. The zero-order chi connectivity index (χ0) is 15.4. The molecule has 0 aromatic carbocycles. The van der Waals surface area contributed by atoms with Crippen molar-refractivity contribution in [2.45, 2.75) is 37.7 Å². The highest BCUT2D eigenvalue weighted by molar-refractivity contribution is 7.99. The number of hydrogen-bond acceptors (Lipinski definition) is 5. The van der Waals surface area contributed by atoms with Gasteiger partial charge in [-0.1, -0.05) is 13.8 Å². The van der Waals surface area contributed by atoms with E-state index in [0.717, 1.165) is 15.7 Å². The summed E-state index contributed by atoms with van der Waals surface area (Å²) in [6.45, 7) is 8.84.